The van der Waals surface area contributed by atoms with Gasteiger partial charge >= 0.3 is 0 Å². The number of halogens is 2. The Kier molecular flexibility index (Phi) is 2.71. The van der Waals surface area contributed by atoms with Crippen molar-refractivity contribution in [3.8, 4) is 0 Å². The smallest absolute Gasteiger partial charge is 0.125 e. The van der Waals surface area contributed by atoms with Gasteiger partial charge in [0.25, 0.3) is 0 Å². The molecular formula is C13H13BrFNO. The van der Waals surface area contributed by atoms with Crippen molar-refractivity contribution in [3.05, 3.63) is 34.2 Å². The van der Waals surface area contributed by atoms with E-state index in [0.717, 1.165) is 15.4 Å². The van der Waals surface area contributed by atoms with E-state index in [9.17, 15) is 4.39 Å². The highest BCUT2D eigenvalue weighted by Crippen LogP contribution is 2.45. The fraction of sp³-hybridized carbons (Fsp3) is 0.385. The van der Waals surface area contributed by atoms with Crippen molar-refractivity contribution in [2.45, 2.75) is 25.5 Å². The van der Waals surface area contributed by atoms with Crippen LogP contribution in [0.1, 0.15) is 24.3 Å². The number of hydrogen-bond acceptors (Lipinski definition) is 1. The Hall–Kier alpha value is -0.870. The van der Waals surface area contributed by atoms with E-state index in [2.05, 4.69) is 22.1 Å². The van der Waals surface area contributed by atoms with Gasteiger partial charge in [0, 0.05) is 23.2 Å². The molecule has 0 spiro atoms. The summed E-state index contributed by atoms with van der Waals surface area (Å²) >= 11 is 3.44. The van der Waals surface area contributed by atoms with Gasteiger partial charge in [-0.1, -0.05) is 0 Å². The van der Waals surface area contributed by atoms with Crippen LogP contribution in [-0.2, 0) is 11.5 Å². The third-order valence-corrected chi connectivity index (χ3v) is 3.81. The summed E-state index contributed by atoms with van der Waals surface area (Å²) in [6.07, 6.45) is 4.51. The van der Waals surface area contributed by atoms with Crippen molar-refractivity contribution in [1.82, 2.24) is 4.57 Å². The summed E-state index contributed by atoms with van der Waals surface area (Å²) in [7, 11) is 1.67. The zero-order chi connectivity index (χ0) is 12.0. The predicted molar refractivity (Wildman–Crippen MR) is 68.6 cm³/mol. The number of methoxy groups -OCH3 is 1. The maximum atomic E-state index is 13.5. The van der Waals surface area contributed by atoms with Gasteiger partial charge < -0.3 is 9.30 Å². The number of nitrogens with zero attached hydrogens (tertiary/aromatic N) is 1. The van der Waals surface area contributed by atoms with Crippen molar-refractivity contribution in [3.63, 3.8) is 0 Å². The van der Waals surface area contributed by atoms with Crippen LogP contribution in [-0.4, -0.2) is 11.7 Å². The second-order valence-electron chi connectivity index (χ2n) is 4.53. The molecular weight excluding hydrogens is 285 g/mol. The first-order valence-electron chi connectivity index (χ1n) is 5.67. The molecule has 1 aromatic carbocycles. The zero-order valence-corrected chi connectivity index (χ0v) is 11.1. The highest BCUT2D eigenvalue weighted by Gasteiger charge is 2.28. The summed E-state index contributed by atoms with van der Waals surface area (Å²) in [6, 6.07) is 3.13. The molecule has 0 bridgehead atoms. The van der Waals surface area contributed by atoms with E-state index in [1.54, 1.807) is 13.2 Å². The number of hydrogen-bond donors (Lipinski definition) is 0. The van der Waals surface area contributed by atoms with Crippen LogP contribution in [0.15, 0.2) is 22.8 Å². The molecule has 17 heavy (non-hydrogen) atoms. The van der Waals surface area contributed by atoms with Gasteiger partial charge in [0.15, 0.2) is 0 Å². The second kappa shape index (κ2) is 4.10. The molecule has 0 amide bonds. The van der Waals surface area contributed by atoms with Crippen LogP contribution in [0.25, 0.3) is 10.9 Å². The van der Waals surface area contributed by atoms with Crippen molar-refractivity contribution in [2.24, 2.45) is 0 Å². The lowest BCUT2D eigenvalue weighted by Crippen LogP contribution is -1.98. The fourth-order valence-corrected chi connectivity index (χ4v) is 3.00. The zero-order valence-electron chi connectivity index (χ0n) is 9.54. The Balaban J connectivity index is 2.27. The summed E-state index contributed by atoms with van der Waals surface area (Å²) in [5.74, 6) is 0.408. The van der Waals surface area contributed by atoms with E-state index in [0.29, 0.717) is 12.6 Å². The molecule has 0 N–H and O–H groups in total. The Labute approximate surface area is 107 Å². The average molecular weight is 298 g/mol. The monoisotopic (exact) mass is 297 g/mol. The molecule has 1 aromatic heterocycles. The maximum absolute atomic E-state index is 13.5. The summed E-state index contributed by atoms with van der Waals surface area (Å²) in [4.78, 5) is 0. The normalized spacial score (nSPS) is 15.7. The number of benzene rings is 1. The van der Waals surface area contributed by atoms with Gasteiger partial charge in [-0.2, -0.15) is 0 Å². The van der Waals surface area contributed by atoms with Gasteiger partial charge in [-0.25, -0.2) is 4.39 Å². The SMILES string of the molecule is COCn1cc(C2CC2)c2cc(F)cc(Br)c21. The Bertz CT molecular complexity index is 574. The van der Waals surface area contributed by atoms with E-state index in [-0.39, 0.29) is 5.82 Å². The van der Waals surface area contributed by atoms with Gasteiger partial charge in [-0.15, -0.1) is 0 Å². The second-order valence-corrected chi connectivity index (χ2v) is 5.38. The van der Waals surface area contributed by atoms with Crippen molar-refractivity contribution < 1.29 is 9.13 Å². The molecule has 2 nitrogen and oxygen atoms in total. The third kappa shape index (κ3) is 1.89. The van der Waals surface area contributed by atoms with Gasteiger partial charge in [0.2, 0.25) is 0 Å². The molecule has 4 heteroatoms. The van der Waals surface area contributed by atoms with Crippen LogP contribution in [0, 0.1) is 5.82 Å². The largest absolute Gasteiger partial charge is 0.364 e. The molecule has 1 aliphatic rings. The van der Waals surface area contributed by atoms with E-state index >= 15 is 0 Å². The lowest BCUT2D eigenvalue weighted by molar-refractivity contribution is 0.134. The molecule has 1 heterocycles. The number of fused-ring (bicyclic) bond motifs is 1. The van der Waals surface area contributed by atoms with Gasteiger partial charge in [0.1, 0.15) is 12.5 Å². The van der Waals surface area contributed by atoms with Crippen LogP contribution in [0.3, 0.4) is 0 Å². The van der Waals surface area contributed by atoms with E-state index in [4.69, 9.17) is 4.74 Å². The number of rotatable bonds is 3. The predicted octanol–water partition coefficient (Wildman–Crippen LogP) is 4.02. The minimum absolute atomic E-state index is 0.193. The average Bonchev–Trinajstić information content (AvgIpc) is 3.03. The lowest BCUT2D eigenvalue weighted by Gasteiger charge is -2.04. The molecule has 0 aliphatic heterocycles. The van der Waals surface area contributed by atoms with Crippen LogP contribution < -0.4 is 0 Å². The van der Waals surface area contributed by atoms with Crippen molar-refractivity contribution >= 4 is 26.8 Å². The van der Waals surface area contributed by atoms with Crippen LogP contribution in [0.4, 0.5) is 4.39 Å². The fourth-order valence-electron chi connectivity index (χ4n) is 2.34. The third-order valence-electron chi connectivity index (χ3n) is 3.21. The quantitative estimate of drug-likeness (QED) is 0.834. The molecule has 0 atom stereocenters. The Morgan fingerprint density at radius 2 is 2.24 bits per heavy atom. The summed E-state index contributed by atoms with van der Waals surface area (Å²) < 4.78 is 21.5. The van der Waals surface area contributed by atoms with Crippen LogP contribution in [0.5, 0.6) is 0 Å². The lowest BCUT2D eigenvalue weighted by atomic mass is 10.1. The molecule has 1 aliphatic carbocycles. The molecule has 90 valence electrons. The minimum atomic E-state index is -0.193. The maximum Gasteiger partial charge on any atom is 0.125 e. The van der Waals surface area contributed by atoms with Crippen molar-refractivity contribution in [1.29, 1.82) is 0 Å². The molecule has 3 rings (SSSR count). The Morgan fingerprint density at radius 3 is 2.88 bits per heavy atom. The first-order valence-corrected chi connectivity index (χ1v) is 6.46. The highest BCUT2D eigenvalue weighted by molar-refractivity contribution is 9.10. The first kappa shape index (κ1) is 11.2. The molecule has 2 aromatic rings. The van der Waals surface area contributed by atoms with Gasteiger partial charge in [-0.3, -0.25) is 0 Å². The molecule has 0 radical (unpaired) electrons. The number of ether oxygens (including phenoxy) is 1. The van der Waals surface area contributed by atoms with E-state index < -0.39 is 0 Å². The van der Waals surface area contributed by atoms with E-state index in [1.807, 2.05) is 4.57 Å². The van der Waals surface area contributed by atoms with Gasteiger partial charge in [-0.05, 0) is 52.4 Å². The van der Waals surface area contributed by atoms with E-state index in [1.165, 1.54) is 24.5 Å². The van der Waals surface area contributed by atoms with Crippen LogP contribution in [0.2, 0.25) is 0 Å². The first-order chi connectivity index (χ1) is 8.20. The van der Waals surface area contributed by atoms with Crippen LogP contribution >= 0.6 is 15.9 Å². The summed E-state index contributed by atoms with van der Waals surface area (Å²) in [5.41, 5.74) is 2.27. The molecule has 1 saturated carbocycles. The number of aromatic nitrogens is 1. The summed E-state index contributed by atoms with van der Waals surface area (Å²) in [6.45, 7) is 0.494. The standard InChI is InChI=1S/C13H13BrFNO/c1-17-7-16-6-11(8-2-3-8)10-4-9(15)5-12(14)13(10)16/h4-6,8H,2-3,7H2,1H3. The minimum Gasteiger partial charge on any atom is -0.364 e. The topological polar surface area (TPSA) is 14.2 Å². The van der Waals surface area contributed by atoms with Crippen molar-refractivity contribution in [2.75, 3.05) is 7.11 Å². The summed E-state index contributed by atoms with van der Waals surface area (Å²) in [5, 5.41) is 1.01. The van der Waals surface area contributed by atoms with Gasteiger partial charge in [0.05, 0.1) is 5.52 Å². The molecule has 0 unspecified atom stereocenters. The molecule has 0 saturated heterocycles. The highest BCUT2D eigenvalue weighted by atomic mass is 79.9. The molecule has 1 fully saturated rings. The Morgan fingerprint density at radius 1 is 1.47 bits per heavy atom.